The van der Waals surface area contributed by atoms with Crippen molar-refractivity contribution >= 4 is 31.6 Å². The molecule has 1 fully saturated rings. The summed E-state index contributed by atoms with van der Waals surface area (Å²) in [6, 6.07) is 8.36. The van der Waals surface area contributed by atoms with Crippen LogP contribution in [-0.2, 0) is 20.2 Å². The van der Waals surface area contributed by atoms with E-state index in [0.717, 1.165) is 21.0 Å². The Morgan fingerprint density at radius 3 is 2.68 bits per heavy atom. The first-order valence-electron chi connectivity index (χ1n) is 9.23. The maximum atomic E-state index is 13.4. The zero-order valence-electron chi connectivity index (χ0n) is 16.4. The molecule has 3 aromatic rings. The largest absolute Gasteiger partial charge is 0.465 e. The lowest BCUT2D eigenvalue weighted by molar-refractivity contribution is 0.0241. The van der Waals surface area contributed by atoms with Gasteiger partial charge in [-0.05, 0) is 37.3 Å². The number of morpholine rings is 1. The first kappa shape index (κ1) is 19.6. The lowest BCUT2D eigenvalue weighted by atomic mass is 9.98. The number of nitrogens with zero attached hydrogens (tertiary/aromatic N) is 2. The highest BCUT2D eigenvalue weighted by molar-refractivity contribution is 7.89. The molecular weight excluding hydrogens is 396 g/mol. The fraction of sp³-hybridized carbons (Fsp3) is 0.450. The smallest absolute Gasteiger partial charge is 0.243 e. The summed E-state index contributed by atoms with van der Waals surface area (Å²) in [4.78, 5) is 4.94. The highest BCUT2D eigenvalue weighted by Crippen LogP contribution is 2.35. The molecule has 1 aromatic carbocycles. The number of ether oxygens (including phenoxy) is 1. The Labute approximate surface area is 169 Å². The van der Waals surface area contributed by atoms with Gasteiger partial charge in [0.2, 0.25) is 10.0 Å². The molecule has 0 spiro atoms. The fourth-order valence-electron chi connectivity index (χ4n) is 3.25. The predicted molar refractivity (Wildman–Crippen MR) is 109 cm³/mol. The third kappa shape index (κ3) is 3.50. The van der Waals surface area contributed by atoms with E-state index < -0.39 is 16.1 Å². The number of furan rings is 1. The number of sulfonamides is 1. The molecule has 3 heterocycles. The molecule has 1 atom stereocenters. The summed E-state index contributed by atoms with van der Waals surface area (Å²) in [6.45, 7) is 9.09. The summed E-state index contributed by atoms with van der Waals surface area (Å²) in [5, 5.41) is 0.993. The van der Waals surface area contributed by atoms with E-state index >= 15 is 0 Å². The van der Waals surface area contributed by atoms with E-state index in [2.05, 4.69) is 25.8 Å². The van der Waals surface area contributed by atoms with Crippen LogP contribution in [0.15, 0.2) is 39.6 Å². The standard InChI is InChI=1S/C20H24N2O4S2/c1-13-5-8-17(26-13)16-12-25-10-9-22(16)28(23,24)14-6-7-15-18(11-14)27-19(21-15)20(2,3)4/h5-8,11,16H,9-10,12H2,1-4H3. The summed E-state index contributed by atoms with van der Waals surface area (Å²) >= 11 is 1.54. The van der Waals surface area contributed by atoms with Crippen LogP contribution in [0.2, 0.25) is 0 Å². The van der Waals surface area contributed by atoms with Crippen LogP contribution in [-0.4, -0.2) is 37.5 Å². The van der Waals surface area contributed by atoms with Crippen molar-refractivity contribution in [2.75, 3.05) is 19.8 Å². The number of thiazole rings is 1. The molecule has 28 heavy (non-hydrogen) atoms. The molecule has 8 heteroatoms. The second kappa shape index (κ2) is 6.95. The van der Waals surface area contributed by atoms with E-state index in [-0.39, 0.29) is 16.9 Å². The highest BCUT2D eigenvalue weighted by atomic mass is 32.2. The maximum absolute atomic E-state index is 13.4. The molecular formula is C20H24N2O4S2. The van der Waals surface area contributed by atoms with Crippen LogP contribution >= 0.6 is 11.3 Å². The second-order valence-corrected chi connectivity index (χ2v) is 11.0. The van der Waals surface area contributed by atoms with E-state index in [1.54, 1.807) is 29.5 Å². The van der Waals surface area contributed by atoms with Gasteiger partial charge in [0, 0.05) is 12.0 Å². The Hall–Kier alpha value is -1.74. The zero-order valence-corrected chi connectivity index (χ0v) is 18.1. The first-order valence-corrected chi connectivity index (χ1v) is 11.5. The van der Waals surface area contributed by atoms with Gasteiger partial charge < -0.3 is 9.15 Å². The van der Waals surface area contributed by atoms with Gasteiger partial charge in [0.1, 0.15) is 17.6 Å². The molecule has 0 bridgehead atoms. The number of fused-ring (bicyclic) bond motifs is 1. The number of benzene rings is 1. The van der Waals surface area contributed by atoms with E-state index in [1.807, 2.05) is 19.1 Å². The number of aromatic nitrogens is 1. The molecule has 0 aliphatic carbocycles. The highest BCUT2D eigenvalue weighted by Gasteiger charge is 2.37. The summed E-state index contributed by atoms with van der Waals surface area (Å²) in [6.07, 6.45) is 0. The van der Waals surface area contributed by atoms with E-state index in [1.165, 1.54) is 4.31 Å². The minimum Gasteiger partial charge on any atom is -0.465 e. The van der Waals surface area contributed by atoms with Crippen molar-refractivity contribution in [2.45, 2.75) is 44.0 Å². The second-order valence-electron chi connectivity index (χ2n) is 8.05. The molecule has 6 nitrogen and oxygen atoms in total. The Morgan fingerprint density at radius 2 is 2.00 bits per heavy atom. The first-order chi connectivity index (χ1) is 13.2. The van der Waals surface area contributed by atoms with Crippen molar-refractivity contribution in [2.24, 2.45) is 0 Å². The van der Waals surface area contributed by atoms with Crippen molar-refractivity contribution in [3.63, 3.8) is 0 Å². The number of aryl methyl sites for hydroxylation is 1. The van der Waals surface area contributed by atoms with Gasteiger partial charge in [-0.1, -0.05) is 20.8 Å². The molecule has 1 aliphatic heterocycles. The van der Waals surface area contributed by atoms with Crippen LogP contribution in [0, 0.1) is 6.92 Å². The lowest BCUT2D eigenvalue weighted by Crippen LogP contribution is -2.43. The third-order valence-electron chi connectivity index (χ3n) is 4.78. The summed E-state index contributed by atoms with van der Waals surface area (Å²) in [5.41, 5.74) is 0.754. The van der Waals surface area contributed by atoms with Crippen LogP contribution < -0.4 is 0 Å². The number of hydrogen-bond acceptors (Lipinski definition) is 6. The van der Waals surface area contributed by atoms with Crippen LogP contribution in [0.25, 0.3) is 10.2 Å². The van der Waals surface area contributed by atoms with Gasteiger partial charge in [-0.25, -0.2) is 13.4 Å². The Morgan fingerprint density at radius 1 is 1.21 bits per heavy atom. The van der Waals surface area contributed by atoms with Gasteiger partial charge in [-0.15, -0.1) is 11.3 Å². The molecule has 0 amide bonds. The maximum Gasteiger partial charge on any atom is 0.243 e. The van der Waals surface area contributed by atoms with Crippen molar-refractivity contribution in [3.05, 3.63) is 46.9 Å². The minimum absolute atomic E-state index is 0.0742. The van der Waals surface area contributed by atoms with Crippen LogP contribution in [0.3, 0.4) is 0 Å². The number of rotatable bonds is 3. The molecule has 1 aliphatic rings. The van der Waals surface area contributed by atoms with Crippen molar-refractivity contribution in [1.29, 1.82) is 0 Å². The van der Waals surface area contributed by atoms with Gasteiger partial charge in [-0.2, -0.15) is 4.31 Å². The average Bonchev–Trinajstić information content (AvgIpc) is 3.27. The summed E-state index contributed by atoms with van der Waals surface area (Å²) < 4.78 is 40.5. The molecule has 1 unspecified atom stereocenters. The molecule has 0 saturated carbocycles. The van der Waals surface area contributed by atoms with E-state index in [4.69, 9.17) is 9.15 Å². The quantitative estimate of drug-likeness (QED) is 0.633. The molecule has 0 radical (unpaired) electrons. The summed E-state index contributed by atoms with van der Waals surface area (Å²) in [5.74, 6) is 1.35. The van der Waals surface area contributed by atoms with Crippen molar-refractivity contribution < 1.29 is 17.6 Å². The van der Waals surface area contributed by atoms with Gasteiger partial charge in [-0.3, -0.25) is 0 Å². The molecule has 1 saturated heterocycles. The van der Waals surface area contributed by atoms with Crippen molar-refractivity contribution in [3.8, 4) is 0 Å². The Bertz CT molecular complexity index is 1110. The van der Waals surface area contributed by atoms with Gasteiger partial charge in [0.25, 0.3) is 0 Å². The Kier molecular flexibility index (Phi) is 4.86. The van der Waals surface area contributed by atoms with Gasteiger partial charge in [0.05, 0.1) is 33.3 Å². The van der Waals surface area contributed by atoms with Crippen LogP contribution in [0.5, 0.6) is 0 Å². The minimum atomic E-state index is -3.70. The monoisotopic (exact) mass is 420 g/mol. The fourth-order valence-corrected chi connectivity index (χ4v) is 5.98. The zero-order chi connectivity index (χ0) is 20.1. The third-order valence-corrected chi connectivity index (χ3v) is 8.13. The van der Waals surface area contributed by atoms with Gasteiger partial charge >= 0.3 is 0 Å². The normalized spacial score (nSPS) is 19.4. The molecule has 150 valence electrons. The van der Waals surface area contributed by atoms with Crippen molar-refractivity contribution in [1.82, 2.24) is 9.29 Å². The van der Waals surface area contributed by atoms with E-state index in [0.29, 0.717) is 18.9 Å². The molecule has 4 rings (SSSR count). The molecule has 0 N–H and O–H groups in total. The van der Waals surface area contributed by atoms with Crippen LogP contribution in [0.4, 0.5) is 0 Å². The lowest BCUT2D eigenvalue weighted by Gasteiger charge is -2.33. The topological polar surface area (TPSA) is 72.6 Å². The molecule has 2 aromatic heterocycles. The Balaban J connectivity index is 1.73. The number of hydrogen-bond donors (Lipinski definition) is 0. The van der Waals surface area contributed by atoms with E-state index in [9.17, 15) is 8.42 Å². The van der Waals surface area contributed by atoms with Gasteiger partial charge in [0.15, 0.2) is 0 Å². The predicted octanol–water partition coefficient (Wildman–Crippen LogP) is 4.26. The van der Waals surface area contributed by atoms with Crippen LogP contribution in [0.1, 0.15) is 43.3 Å². The summed E-state index contributed by atoms with van der Waals surface area (Å²) in [7, 11) is -3.70. The average molecular weight is 421 g/mol. The SMILES string of the molecule is Cc1ccc(C2COCCN2S(=O)(=O)c2ccc3nc(C(C)(C)C)sc3c2)o1.